The zero-order valence-corrected chi connectivity index (χ0v) is 22.4. The van der Waals surface area contributed by atoms with E-state index in [-0.39, 0.29) is 5.54 Å². The van der Waals surface area contributed by atoms with Crippen LogP contribution in [0.2, 0.25) is 0 Å². The summed E-state index contributed by atoms with van der Waals surface area (Å²) in [7, 11) is -0.315. The van der Waals surface area contributed by atoms with E-state index in [2.05, 4.69) is 69.6 Å². The molecule has 8 nitrogen and oxygen atoms in total. The summed E-state index contributed by atoms with van der Waals surface area (Å²) < 4.78 is 12.5. The second-order valence-corrected chi connectivity index (χ2v) is 13.8. The van der Waals surface area contributed by atoms with Crippen molar-refractivity contribution in [3.8, 4) is 6.07 Å². The molecule has 1 aliphatic carbocycles. The molecule has 2 N–H and O–H groups in total. The summed E-state index contributed by atoms with van der Waals surface area (Å²) >= 11 is 0. The van der Waals surface area contributed by atoms with E-state index in [0.29, 0.717) is 34.5 Å². The molecule has 0 saturated heterocycles. The average Bonchev–Trinajstić information content (AvgIpc) is 2.83. The molecule has 0 bridgehead atoms. The monoisotopic (exact) mass is 501 g/mol. The van der Waals surface area contributed by atoms with E-state index in [1.807, 2.05) is 0 Å². The second-order valence-electron chi connectivity index (χ2n) is 10.7. The molecule has 2 aliphatic rings. The molecule has 186 valence electrons. The summed E-state index contributed by atoms with van der Waals surface area (Å²) in [5.41, 5.74) is 5.99. The predicted molar refractivity (Wildman–Crippen MR) is 144 cm³/mol. The van der Waals surface area contributed by atoms with Crippen LogP contribution in [0, 0.1) is 11.3 Å². The molecule has 36 heavy (non-hydrogen) atoms. The number of nitriles is 1. The Morgan fingerprint density at radius 3 is 2.75 bits per heavy atom. The molecule has 0 radical (unpaired) electrons. The van der Waals surface area contributed by atoms with Crippen LogP contribution in [0.3, 0.4) is 0 Å². The van der Waals surface area contributed by atoms with Crippen molar-refractivity contribution in [3.63, 3.8) is 0 Å². The fraction of sp³-hybridized carbons (Fsp3) is 0.407. The molecule has 1 aromatic carbocycles. The quantitative estimate of drug-likeness (QED) is 0.466. The third kappa shape index (κ3) is 4.50. The minimum absolute atomic E-state index is 0.0669. The Kier molecular flexibility index (Phi) is 6.10. The maximum atomic E-state index is 12.5. The van der Waals surface area contributed by atoms with Gasteiger partial charge in [-0.05, 0) is 100 Å². The van der Waals surface area contributed by atoms with Gasteiger partial charge in [-0.15, -0.1) is 0 Å². The van der Waals surface area contributed by atoms with Gasteiger partial charge in [-0.1, -0.05) is 6.07 Å². The van der Waals surface area contributed by atoms with Gasteiger partial charge in [-0.2, -0.15) is 10.2 Å². The topological polar surface area (TPSA) is 107 Å². The highest BCUT2D eigenvalue weighted by Gasteiger charge is 2.39. The van der Waals surface area contributed by atoms with Crippen LogP contribution in [0.25, 0.3) is 0 Å². The lowest BCUT2D eigenvalue weighted by Crippen LogP contribution is -2.46. The van der Waals surface area contributed by atoms with Gasteiger partial charge in [-0.3, -0.25) is 4.90 Å². The molecule has 0 spiro atoms. The first kappa shape index (κ1) is 24.4. The number of hydrogen-bond donors (Lipinski definition) is 2. The number of rotatable bonds is 5. The van der Waals surface area contributed by atoms with Crippen LogP contribution in [-0.2, 0) is 16.5 Å². The summed E-state index contributed by atoms with van der Waals surface area (Å²) in [6.07, 6.45) is 5.02. The van der Waals surface area contributed by atoms with Crippen LogP contribution in [0.15, 0.2) is 36.5 Å². The zero-order chi connectivity index (χ0) is 25.7. The van der Waals surface area contributed by atoms with Gasteiger partial charge < -0.3 is 15.2 Å². The van der Waals surface area contributed by atoms with Crippen LogP contribution in [0.4, 0.5) is 23.3 Å². The first-order chi connectivity index (χ1) is 17.1. The van der Waals surface area contributed by atoms with Gasteiger partial charge in [0.25, 0.3) is 0 Å². The number of nitrogens with one attached hydrogen (secondary N) is 2. The van der Waals surface area contributed by atoms with Gasteiger partial charge in [0, 0.05) is 17.8 Å². The van der Waals surface area contributed by atoms with E-state index in [1.165, 1.54) is 35.7 Å². The molecular formula is C27H32N7OP. The molecule has 1 aliphatic heterocycles. The summed E-state index contributed by atoms with van der Waals surface area (Å²) in [5.74, 6) is 1.81. The number of aromatic nitrogens is 3. The highest BCUT2D eigenvalue weighted by Crippen LogP contribution is 2.46. The fourth-order valence-corrected chi connectivity index (χ4v) is 6.07. The lowest BCUT2D eigenvalue weighted by Gasteiger charge is -2.47. The maximum Gasteiger partial charge on any atom is 0.229 e. The van der Waals surface area contributed by atoms with Crippen LogP contribution < -0.4 is 16.1 Å². The van der Waals surface area contributed by atoms with Gasteiger partial charge in [0.15, 0.2) is 5.82 Å². The molecule has 1 atom stereocenters. The molecular weight excluding hydrogens is 469 g/mol. The highest BCUT2D eigenvalue weighted by atomic mass is 31.2. The Hall–Kier alpha value is -3.27. The Morgan fingerprint density at radius 2 is 2.00 bits per heavy atom. The van der Waals surface area contributed by atoms with E-state index in [1.54, 1.807) is 31.5 Å². The molecule has 0 fully saturated rings. The molecule has 1 unspecified atom stereocenters. The number of benzene rings is 1. The third-order valence-electron chi connectivity index (χ3n) is 7.48. The van der Waals surface area contributed by atoms with Gasteiger partial charge in [0.1, 0.15) is 30.0 Å². The first-order valence-corrected chi connectivity index (χ1v) is 14.9. The third-order valence-corrected chi connectivity index (χ3v) is 8.83. The minimum Gasteiger partial charge on any atom is -0.324 e. The number of anilines is 4. The smallest absolute Gasteiger partial charge is 0.229 e. The van der Waals surface area contributed by atoms with Gasteiger partial charge >= 0.3 is 0 Å². The van der Waals surface area contributed by atoms with E-state index in [4.69, 9.17) is 0 Å². The number of pyridine rings is 1. The average molecular weight is 502 g/mol. The number of likely N-dealkylation sites (N-methyl/N-ethyl adjacent to an activating group) is 1. The standard InChI is InChI=1S/C27H32N7OP/c1-27(2)21-13-20(12-17-8-6-9-18(24(17)21)16-34(27)3)30-26-29-15-19(14-28)25(33-26)32-22-10-7-11-23(31-22)36(4,5)35/h7,10-13,15,18H,6,8-9,16H2,1-5H3,(H2,29,30,31,32,33). The predicted octanol–water partition coefficient (Wildman–Crippen LogP) is 5.08. The lowest BCUT2D eigenvalue weighted by molar-refractivity contribution is 0.122. The Labute approximate surface area is 212 Å². The Balaban J connectivity index is 1.48. The summed E-state index contributed by atoms with van der Waals surface area (Å²) in [6.45, 7) is 9.02. The minimum atomic E-state index is -2.52. The van der Waals surface area contributed by atoms with Crippen molar-refractivity contribution in [1.82, 2.24) is 19.9 Å². The molecule has 2 aromatic heterocycles. The van der Waals surface area contributed by atoms with Crippen molar-refractivity contribution in [2.24, 2.45) is 0 Å². The second kappa shape index (κ2) is 8.99. The van der Waals surface area contributed by atoms with Crippen LogP contribution >= 0.6 is 7.14 Å². The largest absolute Gasteiger partial charge is 0.324 e. The van der Waals surface area contributed by atoms with Crippen molar-refractivity contribution in [3.05, 3.63) is 58.8 Å². The van der Waals surface area contributed by atoms with Crippen molar-refractivity contribution in [2.75, 3.05) is 37.6 Å². The van der Waals surface area contributed by atoms with Crippen molar-refractivity contribution in [2.45, 2.75) is 44.6 Å². The van der Waals surface area contributed by atoms with Crippen LogP contribution in [-0.4, -0.2) is 46.8 Å². The van der Waals surface area contributed by atoms with Crippen LogP contribution in [0.5, 0.6) is 0 Å². The maximum absolute atomic E-state index is 12.5. The lowest BCUT2D eigenvalue weighted by atomic mass is 9.71. The van der Waals surface area contributed by atoms with Crippen molar-refractivity contribution >= 4 is 35.8 Å². The SMILES string of the molecule is CN1CC2CCCc3cc(Nc4ncc(C#N)c(Nc5cccc(P(C)(C)=O)n5)n4)cc(c32)C1(C)C. The van der Waals surface area contributed by atoms with E-state index >= 15 is 0 Å². The van der Waals surface area contributed by atoms with E-state index in [9.17, 15) is 9.83 Å². The van der Waals surface area contributed by atoms with Gasteiger partial charge in [0.2, 0.25) is 5.95 Å². The summed E-state index contributed by atoms with van der Waals surface area (Å²) in [4.78, 5) is 15.9. The number of aryl methyl sites for hydroxylation is 1. The highest BCUT2D eigenvalue weighted by molar-refractivity contribution is 7.69. The summed E-state index contributed by atoms with van der Waals surface area (Å²) in [6, 6.07) is 11.9. The number of hydrogen-bond acceptors (Lipinski definition) is 8. The van der Waals surface area contributed by atoms with Gasteiger partial charge in [-0.25, -0.2) is 9.97 Å². The normalized spacial score (nSPS) is 18.7. The van der Waals surface area contributed by atoms with E-state index in [0.717, 1.165) is 18.7 Å². The molecule has 3 heterocycles. The van der Waals surface area contributed by atoms with Gasteiger partial charge in [0.05, 0.1) is 6.20 Å². The molecule has 3 aromatic rings. The van der Waals surface area contributed by atoms with E-state index < -0.39 is 7.14 Å². The molecule has 0 saturated carbocycles. The molecule has 0 amide bonds. The molecule has 5 rings (SSSR count). The van der Waals surface area contributed by atoms with Crippen molar-refractivity contribution < 1.29 is 4.57 Å². The number of nitrogens with zero attached hydrogens (tertiary/aromatic N) is 5. The van der Waals surface area contributed by atoms with Crippen LogP contribution in [0.1, 0.15) is 54.9 Å². The molecule has 9 heteroatoms. The first-order valence-electron chi connectivity index (χ1n) is 12.3. The Morgan fingerprint density at radius 1 is 1.19 bits per heavy atom. The Bertz CT molecular complexity index is 1420. The fourth-order valence-electron chi connectivity index (χ4n) is 5.27. The van der Waals surface area contributed by atoms with Crippen molar-refractivity contribution in [1.29, 1.82) is 5.26 Å². The zero-order valence-electron chi connectivity index (χ0n) is 21.5. The summed E-state index contributed by atoms with van der Waals surface area (Å²) in [5, 5.41) is 16.1.